The van der Waals surface area contributed by atoms with Crippen LogP contribution in [0.1, 0.15) is 142 Å². The molecule has 18 nitrogen and oxygen atoms in total. The molecule has 0 spiro atoms. The van der Waals surface area contributed by atoms with Gasteiger partial charge in [-0.15, -0.1) is 0 Å². The van der Waals surface area contributed by atoms with Gasteiger partial charge in [-0.2, -0.15) is 0 Å². The van der Waals surface area contributed by atoms with E-state index in [4.69, 9.17) is 34.7 Å². The number of fused-ring (bicyclic) bond motifs is 5. The molecule has 0 bridgehead atoms. The molecule has 0 aliphatic heterocycles. The normalized spacial score (nSPS) is 15.5. The summed E-state index contributed by atoms with van der Waals surface area (Å²) in [4.78, 5) is 74.4. The number of nitrogens with two attached hydrogens (primary N) is 2. The minimum absolute atomic E-state index is 0.00556. The number of nitrogen functional groups attached to an aromatic ring is 1. The lowest BCUT2D eigenvalue weighted by Gasteiger charge is -2.13. The highest BCUT2D eigenvalue weighted by Gasteiger charge is 2.25. The van der Waals surface area contributed by atoms with Gasteiger partial charge in [0, 0.05) is 109 Å². The molecule has 10 rings (SSSR count). The van der Waals surface area contributed by atoms with Gasteiger partial charge in [0.25, 0.3) is 5.69 Å². The topological polar surface area (TPSA) is 235 Å². The second kappa shape index (κ2) is 33.5. The van der Waals surface area contributed by atoms with Crippen molar-refractivity contribution in [3.8, 4) is 12.5 Å². The SMILES string of the molecule is C#COCl.CC(=Nc1ccc2c(c1)C(=O)CC2)N(C)C.CC(=Nc1ccc2c(c1)C(N)CC2)N(C)C.CC(=Nc1ccc2c(c1)C(NC(=O)Cl)CC2)N(C)C.CC(Cl)=[N+](C)C.Nc1ccc2c(c1)C(=O)CC2.O=C1CCc2ccc([N+](=O)[O-])cc21. The Labute approximate surface area is 515 Å². The van der Waals surface area contributed by atoms with E-state index in [9.17, 15) is 29.3 Å². The second-order valence-electron chi connectivity index (χ2n) is 21.3. The van der Waals surface area contributed by atoms with E-state index in [0.29, 0.717) is 36.9 Å². The first-order chi connectivity index (χ1) is 40.1. The van der Waals surface area contributed by atoms with Crippen LogP contribution < -0.4 is 16.8 Å². The van der Waals surface area contributed by atoms with Crippen LogP contribution in [0.3, 0.4) is 0 Å². The summed E-state index contributed by atoms with van der Waals surface area (Å²) in [5.41, 5.74) is 25.5. The number of amides is 1. The van der Waals surface area contributed by atoms with Gasteiger partial charge in [-0.05, 0) is 176 Å². The maximum Gasteiger partial charge on any atom is 0.314 e. The second-order valence-corrected chi connectivity index (χ2v) is 22.3. The Morgan fingerprint density at radius 2 is 0.988 bits per heavy atom. The molecule has 21 heteroatoms. The summed E-state index contributed by atoms with van der Waals surface area (Å²) in [6, 6.07) is 28.6. The zero-order valence-corrected chi connectivity index (χ0v) is 53.0. The summed E-state index contributed by atoms with van der Waals surface area (Å²) < 4.78 is 5.39. The molecule has 5 aliphatic rings. The number of rotatable bonds is 5. The number of benzene rings is 5. The molecule has 0 radical (unpaired) electrons. The van der Waals surface area contributed by atoms with Crippen LogP contribution in [0.5, 0.6) is 0 Å². The number of ketones is 3. The molecule has 0 saturated heterocycles. The Kier molecular flexibility index (Phi) is 27.4. The van der Waals surface area contributed by atoms with Crippen LogP contribution in [-0.2, 0) is 36.4 Å². The molecule has 85 heavy (non-hydrogen) atoms. The van der Waals surface area contributed by atoms with Crippen LogP contribution in [0.25, 0.3) is 0 Å². The molecule has 5 aromatic rings. The van der Waals surface area contributed by atoms with E-state index < -0.39 is 10.3 Å². The van der Waals surface area contributed by atoms with E-state index in [1.54, 1.807) is 18.2 Å². The highest BCUT2D eigenvalue weighted by Crippen LogP contribution is 2.35. The molecule has 0 heterocycles. The number of non-ortho nitro benzene ring substituents is 1. The summed E-state index contributed by atoms with van der Waals surface area (Å²) >= 11 is 15.3. The molecule has 1 amide bonds. The maximum absolute atomic E-state index is 11.6. The number of nitrogens with one attached hydrogen (secondary N) is 1. The van der Waals surface area contributed by atoms with Gasteiger partial charge in [-0.1, -0.05) is 36.8 Å². The number of aliphatic imine (C=N–C) groups is 3. The molecule has 5 aromatic carbocycles. The molecule has 5 N–H and O–H groups in total. The fourth-order valence-corrected chi connectivity index (χ4v) is 9.12. The first-order valence-corrected chi connectivity index (χ1v) is 28.6. The number of hydrogen-bond acceptors (Lipinski definition) is 12. The third-order valence-corrected chi connectivity index (χ3v) is 15.1. The first-order valence-electron chi connectivity index (χ1n) is 27.6. The van der Waals surface area contributed by atoms with Gasteiger partial charge in [0.1, 0.15) is 49.6 Å². The number of carbonyl (C=O) groups excluding carboxylic acids is 4. The third kappa shape index (κ3) is 21.6. The van der Waals surface area contributed by atoms with Crippen molar-refractivity contribution >= 4 is 109 Å². The first kappa shape index (κ1) is 69.5. The van der Waals surface area contributed by atoms with E-state index in [2.05, 4.69) is 67.1 Å². The number of carbonyl (C=O) groups is 4. The Morgan fingerprint density at radius 1 is 0.612 bits per heavy atom. The van der Waals surface area contributed by atoms with Crippen molar-refractivity contribution in [2.45, 2.75) is 104 Å². The molecule has 5 aliphatic carbocycles. The lowest BCUT2D eigenvalue weighted by Crippen LogP contribution is -2.21. The minimum atomic E-state index is -0.503. The zero-order chi connectivity index (χ0) is 63.2. The summed E-state index contributed by atoms with van der Waals surface area (Å²) in [6.07, 6.45) is 14.4. The van der Waals surface area contributed by atoms with Crippen LogP contribution in [-0.4, -0.2) is 126 Å². The molecule has 2 unspecified atom stereocenters. The minimum Gasteiger partial charge on any atom is -0.399 e. The fourth-order valence-electron chi connectivity index (χ4n) is 8.99. The predicted molar refractivity (Wildman–Crippen MR) is 346 cm³/mol. The standard InChI is InChI=1S/C14H18ClN3O.C13H19N3.C13H16N2O.C9H7NO3.C9H9NO.C4H9ClN.C2HClO/c1-9(18(2)3)16-11-6-4-10-5-7-13(12(10)8-11)17-14(15)19;1-9(16(2)3)15-11-6-4-10-5-7-13(14)12(10)8-11;1-9(15(2)3)14-11-6-4-10-5-7-13(16)12(10)8-11;11-9-4-2-6-1-3-7(10(12)13)5-8(6)9;10-7-3-1-6-2-4-9(11)8(6)5-7;1-4(5)6(2)3;1-2-4-3/h4,6,8,13H,5,7H2,1-3H3,(H,17,19);4,6,8,13H,5,7,14H2,1-3H3;4,6,8H,5,7H2,1-3H3;1,3,5H,2,4H2;1,3,5H,2,4,10H2;1-3H3;1H/q;;;;;+1;. The van der Waals surface area contributed by atoms with E-state index in [1.807, 2.05) is 146 Å². The molecular weight excluding hydrogens is 1140 g/mol. The quantitative estimate of drug-likeness (QED) is 0.0172. The summed E-state index contributed by atoms with van der Waals surface area (Å²) in [6.45, 7) is 7.77. The van der Waals surface area contributed by atoms with Crippen molar-refractivity contribution in [2.75, 3.05) is 62.1 Å². The fraction of sp³-hybridized carbons (Fsp3) is 0.375. The number of nitrogens with zero attached hydrogens (tertiary/aromatic N) is 8. The van der Waals surface area contributed by atoms with Gasteiger partial charge in [0.15, 0.2) is 17.3 Å². The lowest BCUT2D eigenvalue weighted by atomic mass is 10.1. The Balaban J connectivity index is 0.000000220. The summed E-state index contributed by atoms with van der Waals surface area (Å²) in [5, 5.41) is 13.5. The lowest BCUT2D eigenvalue weighted by molar-refractivity contribution is -0.462. The van der Waals surface area contributed by atoms with Crippen LogP contribution in [0.2, 0.25) is 0 Å². The Hall–Kier alpha value is -7.95. The monoisotopic (exact) mass is 1220 g/mol. The number of aryl methyl sites for hydroxylation is 5. The van der Waals surface area contributed by atoms with Crippen molar-refractivity contribution in [1.82, 2.24) is 20.0 Å². The van der Waals surface area contributed by atoms with Gasteiger partial charge < -0.3 is 35.8 Å². The number of terminal acetylenes is 1. The highest BCUT2D eigenvalue weighted by atomic mass is 35.5. The van der Waals surface area contributed by atoms with Crippen molar-refractivity contribution in [2.24, 2.45) is 20.7 Å². The number of halogens is 3. The van der Waals surface area contributed by atoms with Crippen molar-refractivity contribution < 1.29 is 33.0 Å². The number of nitro benzene ring substituents is 1. The van der Waals surface area contributed by atoms with E-state index in [-0.39, 0.29) is 35.1 Å². The van der Waals surface area contributed by atoms with Gasteiger partial charge in [0.05, 0.1) is 28.0 Å². The maximum atomic E-state index is 11.6. The average Bonchev–Trinajstić information content (AvgIpc) is 4.52. The molecule has 0 fully saturated rings. The largest absolute Gasteiger partial charge is 0.399 e. The number of anilines is 1. The molecule has 2 atom stereocenters. The van der Waals surface area contributed by atoms with Crippen molar-refractivity contribution in [3.63, 3.8) is 0 Å². The van der Waals surface area contributed by atoms with Crippen LogP contribution in [0.15, 0.2) is 106 Å². The summed E-state index contributed by atoms with van der Waals surface area (Å²) in [5.74, 6) is 3.37. The zero-order valence-electron chi connectivity index (χ0n) is 50.7. The van der Waals surface area contributed by atoms with Crippen LogP contribution in [0.4, 0.5) is 33.2 Å². The number of Topliss-reactive ketones (excluding diaryl/α,β-unsaturated/α-hetero) is 3. The van der Waals surface area contributed by atoms with Gasteiger partial charge >= 0.3 is 5.37 Å². The average molecular weight is 1220 g/mol. The van der Waals surface area contributed by atoms with Crippen LogP contribution in [0, 0.1) is 22.6 Å². The van der Waals surface area contributed by atoms with E-state index in [0.717, 1.165) is 112 Å². The van der Waals surface area contributed by atoms with E-state index >= 15 is 0 Å². The van der Waals surface area contributed by atoms with Crippen molar-refractivity contribution in [1.29, 1.82) is 0 Å². The molecule has 452 valence electrons. The number of amidine groups is 3. The molecule has 0 aromatic heterocycles. The van der Waals surface area contributed by atoms with Crippen LogP contribution >= 0.6 is 35.1 Å². The predicted octanol–water partition coefficient (Wildman–Crippen LogP) is 12.7. The Morgan fingerprint density at radius 3 is 1.41 bits per heavy atom. The number of hydrogen-bond donors (Lipinski definition) is 3. The summed E-state index contributed by atoms with van der Waals surface area (Å²) in [7, 11) is 15.6. The third-order valence-electron chi connectivity index (χ3n) is 14.5. The Bertz CT molecular complexity index is 3390. The van der Waals surface area contributed by atoms with Crippen molar-refractivity contribution in [3.05, 3.63) is 157 Å². The van der Waals surface area contributed by atoms with E-state index in [1.165, 1.54) is 28.8 Å². The van der Waals surface area contributed by atoms with Gasteiger partial charge in [0.2, 0.25) is 5.17 Å². The number of nitro groups is 1. The molecule has 0 saturated carbocycles. The smallest absolute Gasteiger partial charge is 0.314 e. The molecular formula is C64H79Cl3N11O7+. The highest BCUT2D eigenvalue weighted by molar-refractivity contribution is 6.63. The van der Waals surface area contributed by atoms with Gasteiger partial charge in [-0.3, -0.25) is 29.3 Å². The van der Waals surface area contributed by atoms with Gasteiger partial charge in [-0.25, -0.2) is 19.6 Å².